The van der Waals surface area contributed by atoms with Crippen molar-refractivity contribution >= 4 is 34.6 Å². The van der Waals surface area contributed by atoms with Crippen LogP contribution in [0, 0.1) is 4.77 Å². The van der Waals surface area contributed by atoms with Gasteiger partial charge in [0.15, 0.2) is 16.5 Å². The third-order valence-corrected chi connectivity index (χ3v) is 4.64. The molecule has 3 aromatic rings. The highest BCUT2D eigenvalue weighted by atomic mass is 32.1. The number of pyridine rings is 1. The van der Waals surface area contributed by atoms with Gasteiger partial charge in [0.1, 0.15) is 5.82 Å². The number of H-pyrrole nitrogens is 1. The number of aromatic nitrogens is 5. The van der Waals surface area contributed by atoms with Crippen LogP contribution in [0.1, 0.15) is 21.9 Å². The molecule has 0 spiro atoms. The number of anilines is 1. The van der Waals surface area contributed by atoms with E-state index in [0.717, 1.165) is 6.20 Å². The highest BCUT2D eigenvalue weighted by Gasteiger charge is 2.28. The summed E-state index contributed by atoms with van der Waals surface area (Å²) in [6.07, 6.45) is -2.90. The molecule has 0 aliphatic carbocycles. The number of carbonyl (C=O) groups excluding carboxylic acids is 1. The molecule has 0 aromatic carbocycles. The van der Waals surface area contributed by atoms with Gasteiger partial charge >= 0.3 is 6.18 Å². The molecule has 0 unspecified atom stereocenters. The number of nitrogens with one attached hydrogen (secondary N) is 2. The average Bonchev–Trinajstić information content (AvgIpc) is 3.21. The number of thiazole rings is 1. The smallest absolute Gasteiger partial charge is 0.422 e. The molecule has 0 saturated carbocycles. The molecule has 0 saturated heterocycles. The van der Waals surface area contributed by atoms with Crippen molar-refractivity contribution < 1.29 is 22.7 Å². The van der Waals surface area contributed by atoms with Crippen molar-refractivity contribution in [2.45, 2.75) is 12.6 Å². The van der Waals surface area contributed by atoms with E-state index in [1.807, 2.05) is 0 Å². The molecule has 0 fully saturated rings. The van der Waals surface area contributed by atoms with Gasteiger partial charge in [0.25, 0.3) is 5.91 Å². The Morgan fingerprint density at radius 1 is 1.43 bits per heavy atom. The van der Waals surface area contributed by atoms with Gasteiger partial charge in [0.05, 0.1) is 17.7 Å². The lowest BCUT2D eigenvalue weighted by Crippen LogP contribution is -2.19. The minimum absolute atomic E-state index is 0.158. The lowest BCUT2D eigenvalue weighted by molar-refractivity contribution is -0.154. The number of carbonyl (C=O) groups is 1. The first-order valence-corrected chi connectivity index (χ1v) is 9.02. The van der Waals surface area contributed by atoms with Gasteiger partial charge in [-0.2, -0.15) is 18.3 Å². The Bertz CT molecular complexity index is 1030. The third-order valence-electron chi connectivity index (χ3n) is 3.47. The van der Waals surface area contributed by atoms with Crippen molar-refractivity contribution in [1.29, 1.82) is 0 Å². The molecule has 8 nitrogen and oxygen atoms in total. The quantitative estimate of drug-likeness (QED) is 0.583. The minimum Gasteiger partial charge on any atom is -0.468 e. The van der Waals surface area contributed by atoms with Gasteiger partial charge in [-0.1, -0.05) is 0 Å². The maximum absolute atomic E-state index is 12.2. The Morgan fingerprint density at radius 3 is 2.82 bits per heavy atom. The van der Waals surface area contributed by atoms with Gasteiger partial charge in [0.2, 0.25) is 5.88 Å². The zero-order chi connectivity index (χ0) is 20.3. The number of hydrogen-bond acceptors (Lipinski definition) is 7. The van der Waals surface area contributed by atoms with Crippen molar-refractivity contribution in [2.24, 2.45) is 7.05 Å². The van der Waals surface area contributed by atoms with Crippen molar-refractivity contribution in [3.05, 3.63) is 45.6 Å². The van der Waals surface area contributed by atoms with Crippen molar-refractivity contribution in [3.63, 3.8) is 0 Å². The molecule has 3 rings (SSSR count). The minimum atomic E-state index is -4.46. The molecule has 0 atom stereocenters. The Hall–Kier alpha value is -2.80. The Kier molecular flexibility index (Phi) is 5.74. The van der Waals surface area contributed by atoms with E-state index >= 15 is 0 Å². The second kappa shape index (κ2) is 8.06. The van der Waals surface area contributed by atoms with E-state index in [9.17, 15) is 18.0 Å². The molecule has 1 amide bonds. The summed E-state index contributed by atoms with van der Waals surface area (Å²) in [5.41, 5.74) is 0.858. The van der Waals surface area contributed by atoms with E-state index in [1.54, 1.807) is 17.0 Å². The molecule has 0 radical (unpaired) electrons. The molecule has 2 N–H and O–H groups in total. The summed E-state index contributed by atoms with van der Waals surface area (Å²) in [5.74, 6) is -0.0147. The maximum atomic E-state index is 12.2. The summed E-state index contributed by atoms with van der Waals surface area (Å²) in [5, 5.41) is 11.5. The van der Waals surface area contributed by atoms with Gasteiger partial charge in [0, 0.05) is 24.7 Å². The fourth-order valence-corrected chi connectivity index (χ4v) is 2.93. The fourth-order valence-electron chi connectivity index (χ4n) is 2.07. The molecule has 3 aromatic heterocycles. The van der Waals surface area contributed by atoms with Crippen LogP contribution in [0.2, 0.25) is 0 Å². The summed E-state index contributed by atoms with van der Waals surface area (Å²) >= 11 is 6.28. The third kappa shape index (κ3) is 5.13. The zero-order valence-electron chi connectivity index (χ0n) is 14.3. The largest absolute Gasteiger partial charge is 0.468 e. The SMILES string of the molecule is Cn1c(Cc2csc(NC(=O)c3ccc(OCC(F)(F)F)nc3)n2)n[nH]c1=S. The first-order valence-electron chi connectivity index (χ1n) is 7.73. The summed E-state index contributed by atoms with van der Waals surface area (Å²) in [7, 11) is 1.78. The Labute approximate surface area is 165 Å². The van der Waals surface area contributed by atoms with Crippen LogP contribution in [0.3, 0.4) is 0 Å². The van der Waals surface area contributed by atoms with E-state index in [0.29, 0.717) is 27.8 Å². The van der Waals surface area contributed by atoms with E-state index in [-0.39, 0.29) is 11.4 Å². The van der Waals surface area contributed by atoms with Crippen LogP contribution in [0.4, 0.5) is 18.3 Å². The molecular formula is C15H13F3N6O2S2. The van der Waals surface area contributed by atoms with E-state index in [1.165, 1.54) is 23.5 Å². The van der Waals surface area contributed by atoms with Crippen LogP contribution in [0.25, 0.3) is 0 Å². The number of aromatic amines is 1. The van der Waals surface area contributed by atoms with Gasteiger partial charge < -0.3 is 9.30 Å². The number of halogens is 3. The normalized spacial score (nSPS) is 11.4. The molecular weight excluding hydrogens is 417 g/mol. The van der Waals surface area contributed by atoms with Crippen LogP contribution < -0.4 is 10.1 Å². The first kappa shape index (κ1) is 19.9. The number of ether oxygens (including phenoxy) is 1. The van der Waals surface area contributed by atoms with Gasteiger partial charge in [-0.15, -0.1) is 11.3 Å². The van der Waals surface area contributed by atoms with Crippen LogP contribution >= 0.6 is 23.6 Å². The van der Waals surface area contributed by atoms with Gasteiger partial charge in [-0.05, 0) is 18.3 Å². The second-order valence-electron chi connectivity index (χ2n) is 5.57. The molecule has 28 heavy (non-hydrogen) atoms. The zero-order valence-corrected chi connectivity index (χ0v) is 15.9. The molecule has 148 valence electrons. The topological polar surface area (TPSA) is 97.7 Å². The highest BCUT2D eigenvalue weighted by molar-refractivity contribution is 7.71. The molecule has 0 bridgehead atoms. The van der Waals surface area contributed by atoms with Gasteiger partial charge in [-0.25, -0.2) is 9.97 Å². The lowest BCUT2D eigenvalue weighted by Gasteiger charge is -2.08. The average molecular weight is 430 g/mol. The van der Waals surface area contributed by atoms with E-state index in [2.05, 4.69) is 30.2 Å². The standard InChI is InChI=1S/C15H13F3N6O2S2/c1-24-10(22-23-14(24)27)4-9-6-28-13(20-9)21-12(25)8-2-3-11(19-5-8)26-7-15(16,17)18/h2-3,5-6H,4,7H2,1H3,(H,23,27)(H,20,21,25). The van der Waals surface area contributed by atoms with Crippen LogP contribution in [0.15, 0.2) is 23.7 Å². The summed E-state index contributed by atoms with van der Waals surface area (Å²) < 4.78 is 43.1. The van der Waals surface area contributed by atoms with E-state index in [4.69, 9.17) is 12.2 Å². The first-order chi connectivity index (χ1) is 13.2. The van der Waals surface area contributed by atoms with Crippen molar-refractivity contribution in [2.75, 3.05) is 11.9 Å². The summed E-state index contributed by atoms with van der Waals surface area (Å²) in [6.45, 7) is -1.45. The molecule has 3 heterocycles. The number of amides is 1. The number of nitrogens with zero attached hydrogens (tertiary/aromatic N) is 4. The predicted octanol–water partition coefficient (Wildman–Crippen LogP) is 3.11. The Morgan fingerprint density at radius 2 is 2.21 bits per heavy atom. The van der Waals surface area contributed by atoms with Crippen LogP contribution in [-0.2, 0) is 13.5 Å². The number of alkyl halides is 3. The highest BCUT2D eigenvalue weighted by Crippen LogP contribution is 2.20. The second-order valence-corrected chi connectivity index (χ2v) is 6.81. The van der Waals surface area contributed by atoms with Gasteiger partial charge in [-0.3, -0.25) is 15.2 Å². The molecule has 13 heteroatoms. The van der Waals surface area contributed by atoms with Crippen LogP contribution in [-0.4, -0.2) is 43.4 Å². The van der Waals surface area contributed by atoms with Crippen LogP contribution in [0.5, 0.6) is 5.88 Å². The number of rotatable bonds is 6. The lowest BCUT2D eigenvalue weighted by atomic mass is 10.3. The summed E-state index contributed by atoms with van der Waals surface area (Å²) in [4.78, 5) is 20.2. The number of hydrogen-bond donors (Lipinski definition) is 2. The predicted molar refractivity (Wildman–Crippen MR) is 97.1 cm³/mol. The molecule has 0 aliphatic rings. The monoisotopic (exact) mass is 430 g/mol. The van der Waals surface area contributed by atoms with Crippen molar-refractivity contribution in [3.8, 4) is 5.88 Å². The Balaban J connectivity index is 1.59. The molecule has 0 aliphatic heterocycles. The van der Waals surface area contributed by atoms with E-state index < -0.39 is 18.7 Å². The van der Waals surface area contributed by atoms with Crippen molar-refractivity contribution in [1.82, 2.24) is 24.7 Å². The summed E-state index contributed by atoms with van der Waals surface area (Å²) in [6, 6.07) is 2.51. The maximum Gasteiger partial charge on any atom is 0.422 e. The fraction of sp³-hybridized carbons (Fsp3) is 0.267.